The molecule has 1 atom stereocenters. The monoisotopic (exact) mass is 227 g/mol. The molecule has 3 nitrogen and oxygen atoms in total. The van der Waals surface area contributed by atoms with Gasteiger partial charge in [-0.15, -0.1) is 0 Å². The van der Waals surface area contributed by atoms with Crippen molar-refractivity contribution < 1.29 is 23.1 Å². The Bertz CT molecular complexity index is 190. The number of rotatable bonds is 7. The zero-order valence-corrected chi connectivity index (χ0v) is 8.63. The van der Waals surface area contributed by atoms with Gasteiger partial charge >= 0.3 is 6.09 Å². The predicted octanol–water partition coefficient (Wildman–Crippen LogP) is 3.11. The number of halogens is 3. The zero-order chi connectivity index (χ0) is 11.8. The Labute approximate surface area is 86.9 Å². The molecule has 1 N–H and O–H groups in total. The summed E-state index contributed by atoms with van der Waals surface area (Å²) in [5.41, 5.74) is 0. The first kappa shape index (κ1) is 14.1. The maximum absolute atomic E-state index is 12.7. The van der Waals surface area contributed by atoms with Gasteiger partial charge in [-0.1, -0.05) is 26.2 Å². The van der Waals surface area contributed by atoms with Crippen LogP contribution in [0.4, 0.5) is 18.0 Å². The summed E-state index contributed by atoms with van der Waals surface area (Å²) in [7, 11) is 0. The maximum Gasteiger partial charge on any atom is 0.409 e. The quantitative estimate of drug-likeness (QED) is 0.536. The normalized spacial score (nSPS) is 12.9. The van der Waals surface area contributed by atoms with E-state index in [0.717, 1.165) is 19.3 Å². The van der Waals surface area contributed by atoms with Gasteiger partial charge in [0.25, 0.3) is 6.43 Å². The lowest BCUT2D eigenvalue weighted by Crippen LogP contribution is -2.41. The Kier molecular flexibility index (Phi) is 6.90. The maximum atomic E-state index is 12.7. The van der Waals surface area contributed by atoms with Gasteiger partial charge in [0, 0.05) is 6.54 Å². The molecule has 0 heterocycles. The largest absolute Gasteiger partial charge is 0.465 e. The van der Waals surface area contributed by atoms with Gasteiger partial charge in [0.05, 0.1) is 0 Å². The Hall–Kier alpha value is -0.940. The molecule has 0 aliphatic rings. The molecule has 0 radical (unpaired) electrons. The van der Waals surface area contributed by atoms with E-state index >= 15 is 0 Å². The molecule has 0 aromatic rings. The summed E-state index contributed by atoms with van der Waals surface area (Å²) in [6.07, 6.45) is -4.68. The van der Waals surface area contributed by atoms with E-state index in [0.29, 0.717) is 6.42 Å². The van der Waals surface area contributed by atoms with Gasteiger partial charge in [-0.25, -0.2) is 18.0 Å². The molecule has 0 bridgehead atoms. The molecule has 0 fully saturated rings. The average molecular weight is 227 g/mol. The third-order valence-corrected chi connectivity index (χ3v) is 2.00. The molecular weight excluding hydrogens is 211 g/mol. The summed E-state index contributed by atoms with van der Waals surface area (Å²) in [4.78, 5) is 10.6. The van der Waals surface area contributed by atoms with Crippen LogP contribution in [-0.4, -0.2) is 35.4 Å². The number of unbranched alkanes of at least 4 members (excludes halogenated alkanes) is 3. The summed E-state index contributed by atoms with van der Waals surface area (Å²) in [6.45, 7) is 1.78. The van der Waals surface area contributed by atoms with Crippen LogP contribution >= 0.6 is 0 Å². The lowest BCUT2D eigenvalue weighted by atomic mass is 10.2. The number of nitrogens with zero attached hydrogens (tertiary/aromatic N) is 1. The molecule has 1 amide bonds. The van der Waals surface area contributed by atoms with Crippen molar-refractivity contribution in [1.82, 2.24) is 4.90 Å². The van der Waals surface area contributed by atoms with Crippen LogP contribution in [0.1, 0.15) is 32.6 Å². The van der Waals surface area contributed by atoms with E-state index in [1.54, 1.807) is 0 Å². The van der Waals surface area contributed by atoms with Gasteiger partial charge in [0.1, 0.15) is 0 Å². The number of carbonyl (C=O) groups is 1. The van der Waals surface area contributed by atoms with Crippen molar-refractivity contribution in [3.8, 4) is 0 Å². The fourth-order valence-electron chi connectivity index (χ4n) is 1.17. The molecule has 0 spiro atoms. The first-order valence-corrected chi connectivity index (χ1v) is 4.92. The molecule has 0 saturated heterocycles. The second-order valence-electron chi connectivity index (χ2n) is 3.24. The van der Waals surface area contributed by atoms with Gasteiger partial charge in [-0.2, -0.15) is 0 Å². The second-order valence-corrected chi connectivity index (χ2v) is 3.24. The number of carboxylic acid groups (broad SMARTS) is 1. The highest BCUT2D eigenvalue weighted by Crippen LogP contribution is 2.13. The molecular formula is C9H16F3NO2. The van der Waals surface area contributed by atoms with E-state index < -0.39 is 18.8 Å². The Morgan fingerprint density at radius 1 is 1.27 bits per heavy atom. The Balaban J connectivity index is 4.00. The van der Waals surface area contributed by atoms with E-state index in [9.17, 15) is 18.0 Å². The minimum absolute atomic E-state index is 0.153. The van der Waals surface area contributed by atoms with Crippen molar-refractivity contribution >= 4 is 6.09 Å². The van der Waals surface area contributed by atoms with Crippen LogP contribution in [0, 0.1) is 0 Å². The molecule has 0 rings (SSSR count). The number of hydrogen-bond acceptors (Lipinski definition) is 1. The van der Waals surface area contributed by atoms with E-state index in [-0.39, 0.29) is 11.4 Å². The zero-order valence-electron chi connectivity index (χ0n) is 8.63. The molecule has 0 aliphatic heterocycles. The van der Waals surface area contributed by atoms with Crippen LogP contribution in [0.25, 0.3) is 0 Å². The van der Waals surface area contributed by atoms with Crippen molar-refractivity contribution in [3.63, 3.8) is 0 Å². The highest BCUT2D eigenvalue weighted by atomic mass is 19.3. The fraction of sp³-hybridized carbons (Fsp3) is 0.889. The van der Waals surface area contributed by atoms with Gasteiger partial charge in [0.2, 0.25) is 6.30 Å². The summed E-state index contributed by atoms with van der Waals surface area (Å²) in [5, 5.41) is 8.50. The van der Waals surface area contributed by atoms with Gasteiger partial charge in [-0.05, 0) is 6.42 Å². The van der Waals surface area contributed by atoms with Crippen molar-refractivity contribution in [3.05, 3.63) is 0 Å². The molecule has 0 aliphatic carbocycles. The van der Waals surface area contributed by atoms with E-state index in [1.165, 1.54) is 0 Å². The molecule has 0 saturated carbocycles. The fourth-order valence-corrected chi connectivity index (χ4v) is 1.17. The first-order valence-electron chi connectivity index (χ1n) is 4.92. The van der Waals surface area contributed by atoms with Crippen molar-refractivity contribution in [1.29, 1.82) is 0 Å². The van der Waals surface area contributed by atoms with E-state index in [4.69, 9.17) is 5.11 Å². The molecule has 0 aromatic carbocycles. The Morgan fingerprint density at radius 3 is 2.27 bits per heavy atom. The van der Waals surface area contributed by atoms with Gasteiger partial charge < -0.3 is 5.11 Å². The number of hydrogen-bond donors (Lipinski definition) is 1. The molecule has 1 unspecified atom stereocenters. The highest BCUT2D eigenvalue weighted by molar-refractivity contribution is 5.65. The van der Waals surface area contributed by atoms with Crippen LogP contribution in [0.5, 0.6) is 0 Å². The summed E-state index contributed by atoms with van der Waals surface area (Å²) >= 11 is 0. The average Bonchev–Trinajstić information content (AvgIpc) is 2.16. The van der Waals surface area contributed by atoms with Crippen LogP contribution in [-0.2, 0) is 0 Å². The molecule has 6 heteroatoms. The third-order valence-electron chi connectivity index (χ3n) is 2.00. The van der Waals surface area contributed by atoms with Crippen molar-refractivity contribution in [2.24, 2.45) is 0 Å². The number of alkyl halides is 3. The summed E-state index contributed by atoms with van der Waals surface area (Å²) < 4.78 is 36.6. The first-order chi connectivity index (χ1) is 7.00. The molecule has 0 aromatic heterocycles. The van der Waals surface area contributed by atoms with Crippen molar-refractivity contribution in [2.75, 3.05) is 6.54 Å². The summed E-state index contributed by atoms with van der Waals surface area (Å²) in [6, 6.07) is 0. The Morgan fingerprint density at radius 2 is 1.87 bits per heavy atom. The van der Waals surface area contributed by atoms with E-state index in [2.05, 4.69) is 0 Å². The lowest BCUT2D eigenvalue weighted by molar-refractivity contribution is -0.0389. The second kappa shape index (κ2) is 7.36. The van der Waals surface area contributed by atoms with Crippen LogP contribution in [0.2, 0.25) is 0 Å². The topological polar surface area (TPSA) is 40.5 Å². The third kappa shape index (κ3) is 5.49. The standard InChI is InChI=1S/C9H16F3NO2/c1-2-3-4-5-6-13(9(14)15)8(12)7(10)11/h7-8H,2-6H2,1H3,(H,14,15). The predicted molar refractivity (Wildman–Crippen MR) is 49.8 cm³/mol. The van der Waals surface area contributed by atoms with E-state index in [1.807, 2.05) is 6.92 Å². The smallest absolute Gasteiger partial charge is 0.409 e. The molecule has 15 heavy (non-hydrogen) atoms. The van der Waals surface area contributed by atoms with Crippen LogP contribution in [0.15, 0.2) is 0 Å². The van der Waals surface area contributed by atoms with Crippen molar-refractivity contribution in [2.45, 2.75) is 45.3 Å². The minimum Gasteiger partial charge on any atom is -0.465 e. The number of amides is 1. The lowest BCUT2D eigenvalue weighted by Gasteiger charge is -2.22. The van der Waals surface area contributed by atoms with Gasteiger partial charge in [-0.3, -0.25) is 4.90 Å². The highest BCUT2D eigenvalue weighted by Gasteiger charge is 2.30. The van der Waals surface area contributed by atoms with Gasteiger partial charge in [0.15, 0.2) is 0 Å². The van der Waals surface area contributed by atoms with Crippen LogP contribution in [0.3, 0.4) is 0 Å². The summed E-state index contributed by atoms with van der Waals surface area (Å²) in [5.74, 6) is 0. The SMILES string of the molecule is CCCCCCN(C(=O)O)C(F)C(F)F. The molecule has 90 valence electrons. The minimum atomic E-state index is -3.28. The van der Waals surface area contributed by atoms with Crippen LogP contribution < -0.4 is 0 Å².